The summed E-state index contributed by atoms with van der Waals surface area (Å²) in [5.41, 5.74) is 5.61. The molecule has 1 aromatic carbocycles. The summed E-state index contributed by atoms with van der Waals surface area (Å²) in [5, 5.41) is 0.117. The number of alkyl halides is 1. The molecule has 1 aliphatic rings. The normalized spacial score (nSPS) is 15.9. The van der Waals surface area contributed by atoms with Crippen LogP contribution in [0, 0.1) is 13.8 Å². The minimum atomic E-state index is 0.117. The highest BCUT2D eigenvalue weighted by Gasteiger charge is 2.18. The fraction of sp³-hybridized carbons (Fsp3) is 0.444. The fourth-order valence-corrected chi connectivity index (χ4v) is 4.58. The van der Waals surface area contributed by atoms with E-state index < -0.39 is 0 Å². The zero-order chi connectivity index (χ0) is 14.1. The number of thiophene rings is 1. The third-order valence-electron chi connectivity index (χ3n) is 4.23. The van der Waals surface area contributed by atoms with Gasteiger partial charge in [0.1, 0.15) is 0 Å². The van der Waals surface area contributed by atoms with E-state index in [1.807, 2.05) is 11.3 Å². The Labute approximate surface area is 130 Å². The van der Waals surface area contributed by atoms with Crippen molar-refractivity contribution in [2.24, 2.45) is 0 Å². The number of benzene rings is 1. The van der Waals surface area contributed by atoms with Crippen molar-refractivity contribution >= 4 is 22.9 Å². The van der Waals surface area contributed by atoms with Gasteiger partial charge in [0, 0.05) is 9.75 Å². The Bertz CT molecular complexity index is 588. The first-order valence-electron chi connectivity index (χ1n) is 7.45. The van der Waals surface area contributed by atoms with Gasteiger partial charge in [-0.2, -0.15) is 0 Å². The number of rotatable bonds is 3. The minimum absolute atomic E-state index is 0.117. The van der Waals surface area contributed by atoms with Crippen molar-refractivity contribution in [3.63, 3.8) is 0 Å². The molecule has 0 bridgehead atoms. The van der Waals surface area contributed by atoms with Gasteiger partial charge in [0.05, 0.1) is 5.38 Å². The van der Waals surface area contributed by atoms with Crippen molar-refractivity contribution in [2.75, 3.05) is 0 Å². The molecule has 0 amide bonds. The van der Waals surface area contributed by atoms with E-state index in [1.54, 1.807) is 10.4 Å². The summed E-state index contributed by atoms with van der Waals surface area (Å²) < 4.78 is 0. The molecule has 2 aromatic rings. The zero-order valence-electron chi connectivity index (χ0n) is 12.2. The average Bonchev–Trinajstić information content (AvgIpc) is 2.87. The van der Waals surface area contributed by atoms with Gasteiger partial charge in [-0.05, 0) is 68.7 Å². The van der Waals surface area contributed by atoms with Crippen LogP contribution in [0.25, 0.3) is 0 Å². The van der Waals surface area contributed by atoms with Crippen LogP contribution < -0.4 is 0 Å². The van der Waals surface area contributed by atoms with Gasteiger partial charge in [-0.15, -0.1) is 22.9 Å². The number of hydrogen-bond acceptors (Lipinski definition) is 1. The van der Waals surface area contributed by atoms with E-state index in [9.17, 15) is 0 Å². The Morgan fingerprint density at radius 1 is 1.15 bits per heavy atom. The van der Waals surface area contributed by atoms with E-state index in [4.69, 9.17) is 11.6 Å². The summed E-state index contributed by atoms with van der Waals surface area (Å²) in [6.45, 7) is 4.33. The van der Waals surface area contributed by atoms with Crippen LogP contribution in [0.4, 0.5) is 0 Å². The van der Waals surface area contributed by atoms with Crippen molar-refractivity contribution in [2.45, 2.75) is 51.3 Å². The quantitative estimate of drug-likeness (QED) is 0.632. The molecule has 1 aliphatic carbocycles. The molecule has 1 unspecified atom stereocenters. The van der Waals surface area contributed by atoms with Crippen LogP contribution in [-0.2, 0) is 19.3 Å². The standard InChI is InChI=1S/C18H21ClS/c1-12-7-8-13(2)15(9-12)10-16(19)18-11-14-5-3-4-6-17(14)20-18/h7-9,11,16H,3-6,10H2,1-2H3. The molecular formula is C18H21ClS. The van der Waals surface area contributed by atoms with E-state index in [0.717, 1.165) is 6.42 Å². The molecule has 0 N–H and O–H groups in total. The lowest BCUT2D eigenvalue weighted by Crippen LogP contribution is -1.97. The number of fused-ring (bicyclic) bond motifs is 1. The summed E-state index contributed by atoms with van der Waals surface area (Å²) in [7, 11) is 0. The van der Waals surface area contributed by atoms with Gasteiger partial charge >= 0.3 is 0 Å². The molecule has 0 radical (unpaired) electrons. The Morgan fingerprint density at radius 3 is 2.75 bits per heavy atom. The molecule has 0 saturated heterocycles. The first-order valence-corrected chi connectivity index (χ1v) is 8.70. The lowest BCUT2D eigenvalue weighted by atomic mass is 9.98. The molecule has 0 fully saturated rings. The van der Waals surface area contributed by atoms with Crippen molar-refractivity contribution in [3.05, 3.63) is 56.3 Å². The maximum atomic E-state index is 6.70. The SMILES string of the molecule is Cc1ccc(C)c(CC(Cl)c2cc3c(s2)CCCC3)c1. The van der Waals surface area contributed by atoms with Crippen LogP contribution in [0.3, 0.4) is 0 Å². The van der Waals surface area contributed by atoms with Crippen molar-refractivity contribution in [1.82, 2.24) is 0 Å². The Hall–Kier alpha value is -0.790. The zero-order valence-corrected chi connectivity index (χ0v) is 13.8. The van der Waals surface area contributed by atoms with Gasteiger partial charge in [-0.1, -0.05) is 23.8 Å². The van der Waals surface area contributed by atoms with E-state index in [0.29, 0.717) is 0 Å². The van der Waals surface area contributed by atoms with Crippen molar-refractivity contribution in [1.29, 1.82) is 0 Å². The van der Waals surface area contributed by atoms with Crippen molar-refractivity contribution in [3.8, 4) is 0 Å². The molecule has 1 heterocycles. The molecule has 106 valence electrons. The number of aryl methyl sites for hydroxylation is 4. The first kappa shape index (κ1) is 14.2. The molecule has 0 saturated carbocycles. The maximum absolute atomic E-state index is 6.70. The van der Waals surface area contributed by atoms with Crippen LogP contribution in [0.5, 0.6) is 0 Å². The van der Waals surface area contributed by atoms with Crippen LogP contribution in [0.15, 0.2) is 24.3 Å². The third kappa shape index (κ3) is 2.94. The van der Waals surface area contributed by atoms with E-state index in [1.165, 1.54) is 47.3 Å². The Morgan fingerprint density at radius 2 is 1.95 bits per heavy atom. The summed E-state index contributed by atoms with van der Waals surface area (Å²) in [6.07, 6.45) is 6.13. The molecule has 1 atom stereocenters. The molecule has 2 heteroatoms. The predicted octanol–water partition coefficient (Wildman–Crippen LogP) is 5.77. The summed E-state index contributed by atoms with van der Waals surface area (Å²) in [4.78, 5) is 2.94. The van der Waals surface area contributed by atoms with Crippen LogP contribution in [0.2, 0.25) is 0 Å². The van der Waals surface area contributed by atoms with E-state index in [2.05, 4.69) is 38.1 Å². The lowest BCUT2D eigenvalue weighted by Gasteiger charge is -2.11. The summed E-state index contributed by atoms with van der Waals surface area (Å²) >= 11 is 8.64. The molecule has 0 spiro atoms. The highest BCUT2D eigenvalue weighted by atomic mass is 35.5. The van der Waals surface area contributed by atoms with E-state index >= 15 is 0 Å². The fourth-order valence-electron chi connectivity index (χ4n) is 2.98. The summed E-state index contributed by atoms with van der Waals surface area (Å²) in [5.74, 6) is 0. The van der Waals surface area contributed by atoms with Crippen molar-refractivity contribution < 1.29 is 0 Å². The van der Waals surface area contributed by atoms with E-state index in [-0.39, 0.29) is 5.38 Å². The highest BCUT2D eigenvalue weighted by Crippen LogP contribution is 2.37. The van der Waals surface area contributed by atoms with Crippen LogP contribution in [0.1, 0.15) is 50.2 Å². The maximum Gasteiger partial charge on any atom is 0.0719 e. The monoisotopic (exact) mass is 304 g/mol. The molecule has 3 rings (SSSR count). The molecule has 1 aromatic heterocycles. The number of hydrogen-bond donors (Lipinski definition) is 0. The topological polar surface area (TPSA) is 0 Å². The third-order valence-corrected chi connectivity index (χ3v) is 6.10. The Kier molecular flexibility index (Phi) is 4.18. The molecule has 20 heavy (non-hydrogen) atoms. The molecule has 0 nitrogen and oxygen atoms in total. The highest BCUT2D eigenvalue weighted by molar-refractivity contribution is 7.12. The minimum Gasteiger partial charge on any atom is -0.144 e. The second-order valence-corrected chi connectivity index (χ2v) is 7.60. The van der Waals surface area contributed by atoms with Gasteiger partial charge in [-0.25, -0.2) is 0 Å². The first-order chi connectivity index (χ1) is 9.63. The van der Waals surface area contributed by atoms with Gasteiger partial charge in [0.2, 0.25) is 0 Å². The molecule has 0 aliphatic heterocycles. The Balaban J connectivity index is 1.80. The van der Waals surface area contributed by atoms with Crippen LogP contribution >= 0.6 is 22.9 Å². The molecular weight excluding hydrogens is 284 g/mol. The lowest BCUT2D eigenvalue weighted by molar-refractivity contribution is 0.697. The van der Waals surface area contributed by atoms with Gasteiger partial charge < -0.3 is 0 Å². The average molecular weight is 305 g/mol. The predicted molar refractivity (Wildman–Crippen MR) is 89.2 cm³/mol. The summed E-state index contributed by atoms with van der Waals surface area (Å²) in [6, 6.07) is 9.01. The van der Waals surface area contributed by atoms with Gasteiger partial charge in [0.15, 0.2) is 0 Å². The number of halogens is 1. The second kappa shape index (κ2) is 5.91. The van der Waals surface area contributed by atoms with Gasteiger partial charge in [-0.3, -0.25) is 0 Å². The largest absolute Gasteiger partial charge is 0.144 e. The second-order valence-electron chi connectivity index (χ2n) is 5.91. The van der Waals surface area contributed by atoms with Gasteiger partial charge in [0.25, 0.3) is 0 Å². The van der Waals surface area contributed by atoms with Crippen LogP contribution in [-0.4, -0.2) is 0 Å². The smallest absolute Gasteiger partial charge is 0.0719 e.